The molecule has 1 aromatic carbocycles. The van der Waals surface area contributed by atoms with Gasteiger partial charge in [-0.3, -0.25) is 4.79 Å². The molecular formula is C22H29N3O4. The molecule has 29 heavy (non-hydrogen) atoms. The van der Waals surface area contributed by atoms with Gasteiger partial charge in [-0.2, -0.15) is 10.2 Å². The Balaban J connectivity index is 1.86. The van der Waals surface area contributed by atoms with E-state index in [2.05, 4.69) is 21.5 Å². The van der Waals surface area contributed by atoms with Gasteiger partial charge in [-0.15, -0.1) is 12.3 Å². The van der Waals surface area contributed by atoms with E-state index < -0.39 is 29.4 Å². The van der Waals surface area contributed by atoms with Gasteiger partial charge in [-0.25, -0.2) is 4.79 Å². The Bertz CT molecular complexity index is 757. The van der Waals surface area contributed by atoms with Gasteiger partial charge in [0, 0.05) is 25.3 Å². The summed E-state index contributed by atoms with van der Waals surface area (Å²) in [4.78, 5) is 24.5. The SMILES string of the molecule is C#CCCC1(CCOC(=O)CC(Cc2ccccc2)NC(=O)OC(C)(C)C)N=N1. The summed E-state index contributed by atoms with van der Waals surface area (Å²) in [7, 11) is 0. The normalized spacial score (nSPS) is 15.1. The molecule has 2 rings (SSSR count). The number of carbonyl (C=O) groups excluding carboxylic acids is 2. The van der Waals surface area contributed by atoms with E-state index >= 15 is 0 Å². The molecule has 0 saturated carbocycles. The number of esters is 1. The molecule has 1 N–H and O–H groups in total. The lowest BCUT2D eigenvalue weighted by atomic mass is 10.0. The van der Waals surface area contributed by atoms with Crippen LogP contribution in [0, 0.1) is 12.3 Å². The summed E-state index contributed by atoms with van der Waals surface area (Å²) in [5, 5.41) is 10.8. The van der Waals surface area contributed by atoms with Gasteiger partial charge < -0.3 is 14.8 Å². The van der Waals surface area contributed by atoms with Crippen LogP contribution in [0.3, 0.4) is 0 Å². The second kappa shape index (κ2) is 10.1. The minimum absolute atomic E-state index is 0.0414. The van der Waals surface area contributed by atoms with Crippen LogP contribution in [0.5, 0.6) is 0 Å². The van der Waals surface area contributed by atoms with Crippen LogP contribution in [0.15, 0.2) is 40.6 Å². The molecule has 0 fully saturated rings. The average molecular weight is 399 g/mol. The van der Waals surface area contributed by atoms with E-state index in [0.717, 1.165) is 5.56 Å². The summed E-state index contributed by atoms with van der Waals surface area (Å²) in [5.74, 6) is 2.17. The molecule has 0 radical (unpaired) electrons. The summed E-state index contributed by atoms with van der Waals surface area (Å²) in [6, 6.07) is 9.19. The Hall–Kier alpha value is -2.88. The number of benzene rings is 1. The molecule has 1 aliphatic heterocycles. The Kier molecular flexibility index (Phi) is 7.77. The zero-order valence-electron chi connectivity index (χ0n) is 17.3. The van der Waals surface area contributed by atoms with Gasteiger partial charge in [0.2, 0.25) is 0 Å². The second-order valence-electron chi connectivity index (χ2n) is 8.09. The topological polar surface area (TPSA) is 89.3 Å². The van der Waals surface area contributed by atoms with Gasteiger partial charge >= 0.3 is 12.1 Å². The molecule has 1 amide bonds. The van der Waals surface area contributed by atoms with Gasteiger partial charge in [-0.05, 0) is 32.8 Å². The minimum atomic E-state index is -0.619. The van der Waals surface area contributed by atoms with E-state index in [-0.39, 0.29) is 13.0 Å². The fourth-order valence-electron chi connectivity index (χ4n) is 2.80. The third kappa shape index (κ3) is 8.77. The molecule has 0 spiro atoms. The predicted octanol–water partition coefficient (Wildman–Crippen LogP) is 4.02. The maximum atomic E-state index is 12.3. The van der Waals surface area contributed by atoms with Crippen molar-refractivity contribution in [1.82, 2.24) is 5.32 Å². The summed E-state index contributed by atoms with van der Waals surface area (Å²) in [6.07, 6.45) is 7.01. The number of alkyl carbamates (subject to hydrolysis) is 1. The molecule has 1 unspecified atom stereocenters. The first kappa shape index (κ1) is 22.4. The number of ether oxygens (including phenoxy) is 2. The Morgan fingerprint density at radius 3 is 2.48 bits per heavy atom. The van der Waals surface area contributed by atoms with E-state index in [1.807, 2.05) is 30.3 Å². The van der Waals surface area contributed by atoms with Crippen LogP contribution < -0.4 is 5.32 Å². The number of carbonyl (C=O) groups is 2. The summed E-state index contributed by atoms with van der Waals surface area (Å²) >= 11 is 0. The monoisotopic (exact) mass is 399 g/mol. The lowest BCUT2D eigenvalue weighted by Gasteiger charge is -2.23. The van der Waals surface area contributed by atoms with E-state index in [4.69, 9.17) is 15.9 Å². The van der Waals surface area contributed by atoms with Crippen molar-refractivity contribution in [3.8, 4) is 12.3 Å². The van der Waals surface area contributed by atoms with E-state index in [0.29, 0.717) is 25.7 Å². The number of nitrogens with one attached hydrogen (secondary N) is 1. The van der Waals surface area contributed by atoms with Crippen molar-refractivity contribution in [2.24, 2.45) is 10.2 Å². The fraction of sp³-hybridized carbons (Fsp3) is 0.545. The number of terminal acetylenes is 1. The number of hydrogen-bond acceptors (Lipinski definition) is 6. The second-order valence-corrected chi connectivity index (χ2v) is 8.09. The first-order valence-electron chi connectivity index (χ1n) is 9.78. The molecule has 1 aliphatic rings. The van der Waals surface area contributed by atoms with Gasteiger partial charge in [0.25, 0.3) is 0 Å². The van der Waals surface area contributed by atoms with Crippen molar-refractivity contribution in [2.45, 2.75) is 70.2 Å². The average Bonchev–Trinajstić information content (AvgIpc) is 3.39. The quantitative estimate of drug-likeness (QED) is 0.475. The van der Waals surface area contributed by atoms with Gasteiger partial charge in [-0.1, -0.05) is 30.3 Å². The van der Waals surface area contributed by atoms with Crippen LogP contribution in [0.1, 0.15) is 52.0 Å². The molecule has 0 aromatic heterocycles. The molecule has 156 valence electrons. The van der Waals surface area contributed by atoms with Crippen LogP contribution in [0.25, 0.3) is 0 Å². The summed E-state index contributed by atoms with van der Waals surface area (Å²) in [5.41, 5.74) is -0.0957. The highest BCUT2D eigenvalue weighted by atomic mass is 16.6. The van der Waals surface area contributed by atoms with Crippen LogP contribution in [0.2, 0.25) is 0 Å². The third-order valence-electron chi connectivity index (χ3n) is 4.28. The number of hydrogen-bond donors (Lipinski definition) is 1. The lowest BCUT2D eigenvalue weighted by Crippen LogP contribution is -2.41. The zero-order valence-corrected chi connectivity index (χ0v) is 17.3. The highest BCUT2D eigenvalue weighted by Crippen LogP contribution is 2.36. The molecule has 1 heterocycles. The van der Waals surface area contributed by atoms with Gasteiger partial charge in [0.05, 0.1) is 13.0 Å². The van der Waals surface area contributed by atoms with Crippen molar-refractivity contribution in [2.75, 3.05) is 6.61 Å². The largest absolute Gasteiger partial charge is 0.465 e. The fourth-order valence-corrected chi connectivity index (χ4v) is 2.80. The van der Waals surface area contributed by atoms with Crippen molar-refractivity contribution >= 4 is 12.1 Å². The maximum absolute atomic E-state index is 12.3. The van der Waals surface area contributed by atoms with Crippen LogP contribution in [-0.4, -0.2) is 36.0 Å². The van der Waals surface area contributed by atoms with Gasteiger partial charge in [0.15, 0.2) is 5.66 Å². The predicted molar refractivity (Wildman–Crippen MR) is 109 cm³/mol. The van der Waals surface area contributed by atoms with Crippen molar-refractivity contribution in [3.63, 3.8) is 0 Å². The molecular weight excluding hydrogens is 370 g/mol. The Labute approximate surface area is 172 Å². The highest BCUT2D eigenvalue weighted by molar-refractivity contribution is 5.73. The maximum Gasteiger partial charge on any atom is 0.407 e. The molecule has 0 bridgehead atoms. The van der Waals surface area contributed by atoms with Crippen LogP contribution >= 0.6 is 0 Å². The smallest absolute Gasteiger partial charge is 0.407 e. The first-order chi connectivity index (χ1) is 13.7. The van der Waals surface area contributed by atoms with Gasteiger partial charge in [0.1, 0.15) is 5.60 Å². The third-order valence-corrected chi connectivity index (χ3v) is 4.28. The number of nitrogens with zero attached hydrogens (tertiary/aromatic N) is 2. The molecule has 1 aromatic rings. The number of amides is 1. The Morgan fingerprint density at radius 1 is 1.21 bits per heavy atom. The Morgan fingerprint density at radius 2 is 1.90 bits per heavy atom. The first-order valence-corrected chi connectivity index (χ1v) is 9.78. The standard InChI is InChI=1S/C22H29N3O4/c1-5-6-12-22(24-25-22)13-14-28-19(26)16-18(15-17-10-8-7-9-11-17)23-20(27)29-21(2,3)4/h1,7-11,18H,6,12-16H2,2-4H3,(H,23,27). The summed E-state index contributed by atoms with van der Waals surface area (Å²) in [6.45, 7) is 5.58. The van der Waals surface area contributed by atoms with E-state index in [1.54, 1.807) is 20.8 Å². The lowest BCUT2D eigenvalue weighted by molar-refractivity contribution is -0.144. The highest BCUT2D eigenvalue weighted by Gasteiger charge is 2.39. The number of rotatable bonds is 10. The molecule has 0 aliphatic carbocycles. The van der Waals surface area contributed by atoms with Crippen LogP contribution in [0.4, 0.5) is 4.79 Å². The van der Waals surface area contributed by atoms with Crippen molar-refractivity contribution in [3.05, 3.63) is 35.9 Å². The molecule has 1 atom stereocenters. The molecule has 0 saturated heterocycles. The van der Waals surface area contributed by atoms with E-state index in [1.165, 1.54) is 0 Å². The molecule has 7 nitrogen and oxygen atoms in total. The van der Waals surface area contributed by atoms with E-state index in [9.17, 15) is 9.59 Å². The van der Waals surface area contributed by atoms with Crippen molar-refractivity contribution < 1.29 is 19.1 Å². The zero-order chi connectivity index (χ0) is 21.3. The van der Waals surface area contributed by atoms with Crippen LogP contribution in [-0.2, 0) is 20.7 Å². The summed E-state index contributed by atoms with van der Waals surface area (Å²) < 4.78 is 10.7. The van der Waals surface area contributed by atoms with Crippen molar-refractivity contribution in [1.29, 1.82) is 0 Å². The minimum Gasteiger partial charge on any atom is -0.465 e. The molecule has 7 heteroatoms.